The molecule has 0 atom stereocenters. The Kier molecular flexibility index (Phi) is 5.57. The lowest BCUT2D eigenvalue weighted by Gasteiger charge is -2.05. The summed E-state index contributed by atoms with van der Waals surface area (Å²) in [7, 11) is 1.28. The first kappa shape index (κ1) is 19.7. The van der Waals surface area contributed by atoms with Crippen molar-refractivity contribution in [1.29, 1.82) is 0 Å². The molecule has 3 rings (SSSR count). The van der Waals surface area contributed by atoms with Gasteiger partial charge in [0.2, 0.25) is 5.75 Å². The number of phenolic OH excluding ortho intramolecular Hbond substituents is 1. The number of hydrogen-bond donors (Lipinski definition) is 2. The van der Waals surface area contributed by atoms with Crippen LogP contribution in [0, 0.1) is 17.0 Å². The van der Waals surface area contributed by atoms with E-state index in [2.05, 4.69) is 10.3 Å². The molecule has 1 aliphatic rings. The SMILES string of the molecule is COc1cc(/C=C2\SC(=Nc3ccc(Cl)cc3C)NC2=O)cc([N+](=O)[O-])c1O. The summed E-state index contributed by atoms with van der Waals surface area (Å²) in [6.45, 7) is 1.85. The first-order valence-corrected chi connectivity index (χ1v) is 9.09. The number of nitro benzene ring substituents is 1. The molecule has 0 unspecified atom stereocenters. The molecule has 0 aromatic heterocycles. The van der Waals surface area contributed by atoms with Crippen molar-refractivity contribution in [3.05, 3.63) is 61.5 Å². The normalized spacial score (nSPS) is 16.5. The number of nitro groups is 1. The van der Waals surface area contributed by atoms with Crippen molar-refractivity contribution in [3.63, 3.8) is 0 Å². The van der Waals surface area contributed by atoms with Crippen LogP contribution in [0.5, 0.6) is 11.5 Å². The number of nitrogens with zero attached hydrogens (tertiary/aromatic N) is 2. The van der Waals surface area contributed by atoms with Gasteiger partial charge in [-0.3, -0.25) is 14.9 Å². The molecule has 1 saturated heterocycles. The molecular weight excluding hydrogens is 406 g/mol. The molecule has 1 aliphatic heterocycles. The third-order valence-corrected chi connectivity index (χ3v) is 4.97. The molecule has 1 amide bonds. The van der Waals surface area contributed by atoms with E-state index in [-0.39, 0.29) is 11.7 Å². The molecule has 2 aromatic rings. The van der Waals surface area contributed by atoms with Gasteiger partial charge in [0.15, 0.2) is 10.9 Å². The van der Waals surface area contributed by atoms with Crippen molar-refractivity contribution < 1.29 is 19.6 Å². The van der Waals surface area contributed by atoms with Gasteiger partial charge in [0, 0.05) is 11.1 Å². The van der Waals surface area contributed by atoms with Crippen molar-refractivity contribution in [2.24, 2.45) is 4.99 Å². The van der Waals surface area contributed by atoms with Gasteiger partial charge in [-0.1, -0.05) is 11.6 Å². The molecule has 0 radical (unpaired) electrons. The standard InChI is InChI=1S/C18H14ClN3O5S/c1-9-5-11(19)3-4-12(9)20-18-21-17(24)15(28-18)8-10-6-13(22(25)26)16(23)14(7-10)27-2/h3-8,23H,1-2H3,(H,20,21,24)/b15-8-. The van der Waals surface area contributed by atoms with E-state index in [0.717, 1.165) is 23.4 Å². The van der Waals surface area contributed by atoms with Crippen molar-refractivity contribution >= 4 is 51.9 Å². The maximum absolute atomic E-state index is 12.2. The smallest absolute Gasteiger partial charge is 0.315 e. The minimum Gasteiger partial charge on any atom is -0.500 e. The number of hydrogen-bond acceptors (Lipinski definition) is 7. The number of halogens is 1. The molecule has 0 aliphatic carbocycles. The van der Waals surface area contributed by atoms with Crippen LogP contribution in [-0.2, 0) is 4.79 Å². The molecule has 2 aromatic carbocycles. The number of amides is 1. The number of nitrogens with one attached hydrogen (secondary N) is 1. The fraction of sp³-hybridized carbons (Fsp3) is 0.111. The molecule has 0 saturated carbocycles. The van der Waals surface area contributed by atoms with Gasteiger partial charge in [0.05, 0.1) is 22.6 Å². The summed E-state index contributed by atoms with van der Waals surface area (Å²) in [6.07, 6.45) is 1.46. The van der Waals surface area contributed by atoms with E-state index in [1.807, 2.05) is 6.92 Å². The van der Waals surface area contributed by atoms with E-state index in [4.69, 9.17) is 16.3 Å². The highest BCUT2D eigenvalue weighted by Crippen LogP contribution is 2.38. The van der Waals surface area contributed by atoms with E-state index < -0.39 is 16.4 Å². The first-order chi connectivity index (χ1) is 13.3. The lowest BCUT2D eigenvalue weighted by molar-refractivity contribution is -0.386. The summed E-state index contributed by atoms with van der Waals surface area (Å²) in [6, 6.07) is 7.78. The van der Waals surface area contributed by atoms with Gasteiger partial charge in [0.25, 0.3) is 5.91 Å². The third-order valence-electron chi connectivity index (χ3n) is 3.82. The Morgan fingerprint density at radius 3 is 2.75 bits per heavy atom. The molecule has 28 heavy (non-hydrogen) atoms. The van der Waals surface area contributed by atoms with E-state index >= 15 is 0 Å². The van der Waals surface area contributed by atoms with E-state index in [9.17, 15) is 20.0 Å². The van der Waals surface area contributed by atoms with E-state index in [0.29, 0.717) is 26.3 Å². The lowest BCUT2D eigenvalue weighted by Crippen LogP contribution is -2.19. The number of methoxy groups -OCH3 is 1. The highest BCUT2D eigenvalue weighted by Gasteiger charge is 2.25. The second kappa shape index (κ2) is 7.91. The number of rotatable bonds is 4. The van der Waals surface area contributed by atoms with Crippen molar-refractivity contribution in [1.82, 2.24) is 5.32 Å². The zero-order valence-electron chi connectivity index (χ0n) is 14.7. The van der Waals surface area contributed by atoms with E-state index in [1.54, 1.807) is 18.2 Å². The molecule has 0 spiro atoms. The van der Waals surface area contributed by atoms with Crippen LogP contribution < -0.4 is 10.1 Å². The third kappa shape index (κ3) is 4.10. The van der Waals surface area contributed by atoms with Gasteiger partial charge >= 0.3 is 5.69 Å². The van der Waals surface area contributed by atoms with Crippen molar-refractivity contribution in [2.45, 2.75) is 6.92 Å². The Balaban J connectivity index is 1.94. The number of phenols is 1. The van der Waals surface area contributed by atoms with Crippen molar-refractivity contribution in [3.8, 4) is 11.5 Å². The van der Waals surface area contributed by atoms with Gasteiger partial charge in [-0.25, -0.2) is 4.99 Å². The van der Waals surface area contributed by atoms with E-state index in [1.165, 1.54) is 19.3 Å². The first-order valence-electron chi connectivity index (χ1n) is 7.89. The van der Waals surface area contributed by atoms with Gasteiger partial charge in [-0.05, 0) is 60.2 Å². The maximum Gasteiger partial charge on any atom is 0.315 e. The number of aryl methyl sites for hydroxylation is 1. The van der Waals surface area contributed by atoms with Crippen LogP contribution in [0.1, 0.15) is 11.1 Å². The molecule has 0 bridgehead atoms. The lowest BCUT2D eigenvalue weighted by atomic mass is 10.1. The summed E-state index contributed by atoms with van der Waals surface area (Å²) in [4.78, 5) is 27.3. The number of thioether (sulfide) groups is 1. The van der Waals surface area contributed by atoms with Gasteiger partial charge in [-0.2, -0.15) is 0 Å². The van der Waals surface area contributed by atoms with Gasteiger partial charge < -0.3 is 15.2 Å². The van der Waals surface area contributed by atoms with Crippen LogP contribution in [0.15, 0.2) is 40.2 Å². The Labute approximate surface area is 169 Å². The molecule has 10 heteroatoms. The van der Waals surface area contributed by atoms with Crippen molar-refractivity contribution in [2.75, 3.05) is 7.11 Å². The van der Waals surface area contributed by atoms with Crippen LogP contribution in [0.2, 0.25) is 5.02 Å². The number of carbonyl (C=O) groups is 1. The zero-order chi connectivity index (χ0) is 20.4. The predicted molar refractivity (Wildman–Crippen MR) is 108 cm³/mol. The number of aliphatic imine (C=N–C) groups is 1. The maximum atomic E-state index is 12.2. The largest absolute Gasteiger partial charge is 0.500 e. The van der Waals surface area contributed by atoms with Crippen LogP contribution in [-0.4, -0.2) is 28.2 Å². The fourth-order valence-corrected chi connectivity index (χ4v) is 3.54. The molecule has 8 nitrogen and oxygen atoms in total. The Morgan fingerprint density at radius 2 is 2.11 bits per heavy atom. The second-order valence-electron chi connectivity index (χ2n) is 5.76. The average Bonchev–Trinajstić information content (AvgIpc) is 2.97. The molecule has 144 valence electrons. The molecular formula is C18H14ClN3O5S. The summed E-state index contributed by atoms with van der Waals surface area (Å²) in [5.41, 5.74) is 1.34. The quantitative estimate of drug-likeness (QED) is 0.437. The average molecular weight is 420 g/mol. The van der Waals surface area contributed by atoms with Gasteiger partial charge in [-0.15, -0.1) is 0 Å². The zero-order valence-corrected chi connectivity index (χ0v) is 16.3. The Hall–Kier alpha value is -3.04. The number of amidine groups is 1. The number of ether oxygens (including phenoxy) is 1. The Bertz CT molecular complexity index is 1050. The van der Waals surface area contributed by atoms with Crippen LogP contribution >= 0.6 is 23.4 Å². The minimum atomic E-state index is -0.724. The number of carbonyl (C=O) groups excluding carboxylic acids is 1. The summed E-state index contributed by atoms with van der Waals surface area (Å²) in [5.74, 6) is -1.01. The second-order valence-corrected chi connectivity index (χ2v) is 7.23. The molecule has 1 fully saturated rings. The van der Waals surface area contributed by atoms with Crippen LogP contribution in [0.3, 0.4) is 0 Å². The summed E-state index contributed by atoms with van der Waals surface area (Å²) in [5, 5.41) is 24.6. The van der Waals surface area contributed by atoms with Crippen LogP contribution in [0.25, 0.3) is 6.08 Å². The Morgan fingerprint density at radius 1 is 1.36 bits per heavy atom. The number of aromatic hydroxyl groups is 1. The summed E-state index contributed by atoms with van der Waals surface area (Å²) >= 11 is 7.03. The fourth-order valence-electron chi connectivity index (χ4n) is 2.48. The highest BCUT2D eigenvalue weighted by molar-refractivity contribution is 8.18. The molecule has 2 N–H and O–H groups in total. The van der Waals surface area contributed by atoms with Gasteiger partial charge in [0.1, 0.15) is 0 Å². The topological polar surface area (TPSA) is 114 Å². The highest BCUT2D eigenvalue weighted by atomic mass is 35.5. The minimum absolute atomic E-state index is 0.0601. The van der Waals surface area contributed by atoms with Crippen LogP contribution in [0.4, 0.5) is 11.4 Å². The monoisotopic (exact) mass is 419 g/mol. The predicted octanol–water partition coefficient (Wildman–Crippen LogP) is 4.16. The number of benzene rings is 2. The summed E-state index contributed by atoms with van der Waals surface area (Å²) < 4.78 is 4.97. The molecule has 1 heterocycles.